The molecule has 1 aliphatic rings. The summed E-state index contributed by atoms with van der Waals surface area (Å²) < 4.78 is 24.6. The highest BCUT2D eigenvalue weighted by Gasteiger charge is 2.51. The van der Waals surface area contributed by atoms with E-state index in [9.17, 15) is 19.2 Å². The molecule has 1 amide bonds. The fraction of sp³-hybridized carbons (Fsp3) is 0.556. The SMILES string of the molecule is CCCCCn1c(S[C@@H]2O[C@H](COC(C)=O)[C@@H](OC(C)=O)[C@H](OC(C)=O)[C@H]2NC(C)=O)nnc1-c1ccccc1. The summed E-state index contributed by atoms with van der Waals surface area (Å²) in [6.07, 6.45) is -0.360. The average molecular weight is 577 g/mol. The predicted octanol–water partition coefficient (Wildman–Crippen LogP) is 2.88. The molecule has 2 heterocycles. The normalized spacial score (nSPS) is 22.3. The first kappa shape index (κ1) is 31.1. The standard InChI is InChI=1S/C27H36N4O8S/c1-6-7-11-14-31-25(20-12-9-8-10-13-20)29-30-27(31)40-26-22(28-16(2)32)24(38-19(5)35)23(37-18(4)34)21(39-26)15-36-17(3)33/h8-10,12-13,21-24,26H,6-7,11,14-15H2,1-5H3,(H,28,32)/t21-,22-,23-,24-,26+/m1/s1. The number of carbonyl (C=O) groups is 4. The Morgan fingerprint density at radius 3 is 2.23 bits per heavy atom. The molecule has 0 saturated carbocycles. The van der Waals surface area contributed by atoms with Gasteiger partial charge in [0.25, 0.3) is 0 Å². The number of benzene rings is 1. The second-order valence-electron chi connectivity index (χ2n) is 9.37. The van der Waals surface area contributed by atoms with Gasteiger partial charge in [0.05, 0.1) is 0 Å². The molecule has 0 unspecified atom stereocenters. The molecule has 1 saturated heterocycles. The molecule has 0 spiro atoms. The largest absolute Gasteiger partial charge is 0.463 e. The van der Waals surface area contributed by atoms with Gasteiger partial charge in [0.1, 0.15) is 24.2 Å². The molecule has 2 aromatic rings. The van der Waals surface area contributed by atoms with Gasteiger partial charge in [0.2, 0.25) is 5.91 Å². The average Bonchev–Trinajstić information content (AvgIpc) is 3.28. The number of unbranched alkanes of at least 4 members (excludes halogenated alkanes) is 2. The highest BCUT2D eigenvalue weighted by Crippen LogP contribution is 2.36. The lowest BCUT2D eigenvalue weighted by Crippen LogP contribution is -2.65. The predicted molar refractivity (Wildman–Crippen MR) is 145 cm³/mol. The van der Waals surface area contributed by atoms with Gasteiger partial charge in [0.15, 0.2) is 23.2 Å². The van der Waals surface area contributed by atoms with Crippen LogP contribution in [0.25, 0.3) is 11.4 Å². The first-order valence-corrected chi connectivity index (χ1v) is 14.0. The summed E-state index contributed by atoms with van der Waals surface area (Å²) >= 11 is 1.18. The third-order valence-corrected chi connectivity index (χ3v) is 7.18. The van der Waals surface area contributed by atoms with Crippen molar-refractivity contribution in [3.05, 3.63) is 30.3 Å². The van der Waals surface area contributed by atoms with Crippen molar-refractivity contribution in [3.63, 3.8) is 0 Å². The van der Waals surface area contributed by atoms with Crippen molar-refractivity contribution in [1.82, 2.24) is 20.1 Å². The Kier molecular flexibility index (Phi) is 11.5. The molecule has 1 aliphatic heterocycles. The van der Waals surface area contributed by atoms with Crippen LogP contribution in [0.1, 0.15) is 53.9 Å². The molecule has 1 aromatic carbocycles. The van der Waals surface area contributed by atoms with Crippen LogP contribution in [0, 0.1) is 0 Å². The smallest absolute Gasteiger partial charge is 0.303 e. The lowest BCUT2D eigenvalue weighted by atomic mass is 9.97. The van der Waals surface area contributed by atoms with Crippen LogP contribution in [0.2, 0.25) is 0 Å². The maximum Gasteiger partial charge on any atom is 0.303 e. The molecular weight excluding hydrogens is 540 g/mol. The summed E-state index contributed by atoms with van der Waals surface area (Å²) in [6, 6.07) is 8.71. The maximum absolute atomic E-state index is 12.3. The molecule has 1 fully saturated rings. The quantitative estimate of drug-likeness (QED) is 0.226. The van der Waals surface area contributed by atoms with Crippen LogP contribution in [0.4, 0.5) is 0 Å². The fourth-order valence-corrected chi connectivity index (χ4v) is 5.56. The van der Waals surface area contributed by atoms with E-state index in [0.29, 0.717) is 17.5 Å². The van der Waals surface area contributed by atoms with Crippen molar-refractivity contribution < 1.29 is 38.1 Å². The van der Waals surface area contributed by atoms with Crippen LogP contribution in [-0.4, -0.2) is 75.0 Å². The van der Waals surface area contributed by atoms with Crippen LogP contribution >= 0.6 is 11.8 Å². The van der Waals surface area contributed by atoms with Crippen molar-refractivity contribution >= 4 is 35.6 Å². The minimum absolute atomic E-state index is 0.270. The number of esters is 3. The number of carbonyl (C=O) groups excluding carboxylic acids is 4. The Bertz CT molecular complexity index is 1170. The van der Waals surface area contributed by atoms with Gasteiger partial charge in [-0.05, 0) is 6.42 Å². The number of nitrogens with one attached hydrogen (secondary N) is 1. The van der Waals surface area contributed by atoms with Crippen LogP contribution in [0.3, 0.4) is 0 Å². The third kappa shape index (κ3) is 8.52. The number of thioether (sulfide) groups is 1. The number of nitrogens with zero attached hydrogens (tertiary/aromatic N) is 3. The van der Waals surface area contributed by atoms with Gasteiger partial charge in [-0.2, -0.15) is 0 Å². The molecular formula is C27H36N4O8S. The van der Waals surface area contributed by atoms with Crippen LogP contribution in [-0.2, 0) is 44.7 Å². The van der Waals surface area contributed by atoms with Crippen molar-refractivity contribution in [2.24, 2.45) is 0 Å². The first-order chi connectivity index (χ1) is 19.1. The Hall–Kier alpha value is -3.45. The van der Waals surface area contributed by atoms with Gasteiger partial charge >= 0.3 is 17.9 Å². The summed E-state index contributed by atoms with van der Waals surface area (Å²) in [4.78, 5) is 48.0. The molecule has 0 aliphatic carbocycles. The van der Waals surface area contributed by atoms with Crippen molar-refractivity contribution in [3.8, 4) is 11.4 Å². The van der Waals surface area contributed by atoms with Crippen molar-refractivity contribution in [2.75, 3.05) is 6.61 Å². The highest BCUT2D eigenvalue weighted by molar-refractivity contribution is 7.99. The number of amides is 1. The number of aromatic nitrogens is 3. The molecule has 13 heteroatoms. The highest BCUT2D eigenvalue weighted by atomic mass is 32.2. The second-order valence-corrected chi connectivity index (χ2v) is 10.4. The van der Waals surface area contributed by atoms with E-state index in [1.165, 1.54) is 39.5 Å². The van der Waals surface area contributed by atoms with Gasteiger partial charge in [-0.3, -0.25) is 19.2 Å². The molecule has 1 aromatic heterocycles. The molecule has 3 rings (SSSR count). The topological polar surface area (TPSA) is 148 Å². The van der Waals surface area contributed by atoms with E-state index < -0.39 is 53.6 Å². The van der Waals surface area contributed by atoms with Gasteiger partial charge in [-0.15, -0.1) is 10.2 Å². The molecule has 40 heavy (non-hydrogen) atoms. The molecule has 5 atom stereocenters. The molecule has 0 radical (unpaired) electrons. The Labute approximate surface area is 237 Å². The zero-order chi connectivity index (χ0) is 29.2. The minimum Gasteiger partial charge on any atom is -0.463 e. The summed E-state index contributed by atoms with van der Waals surface area (Å²) in [5.74, 6) is -1.61. The lowest BCUT2D eigenvalue weighted by Gasteiger charge is -2.44. The van der Waals surface area contributed by atoms with E-state index in [4.69, 9.17) is 18.9 Å². The zero-order valence-electron chi connectivity index (χ0n) is 23.3. The monoisotopic (exact) mass is 576 g/mol. The van der Waals surface area contributed by atoms with E-state index in [1.807, 2.05) is 34.9 Å². The molecule has 0 bridgehead atoms. The second kappa shape index (κ2) is 14.8. The molecule has 218 valence electrons. The van der Waals surface area contributed by atoms with Crippen LogP contribution < -0.4 is 5.32 Å². The van der Waals surface area contributed by atoms with Crippen LogP contribution in [0.5, 0.6) is 0 Å². The minimum atomic E-state index is -1.16. The number of hydrogen-bond acceptors (Lipinski definition) is 11. The van der Waals surface area contributed by atoms with Gasteiger partial charge < -0.3 is 28.8 Å². The first-order valence-electron chi connectivity index (χ1n) is 13.2. The maximum atomic E-state index is 12.3. The van der Waals surface area contributed by atoms with E-state index >= 15 is 0 Å². The van der Waals surface area contributed by atoms with E-state index in [2.05, 4.69) is 22.4 Å². The molecule has 12 nitrogen and oxygen atoms in total. The van der Waals surface area contributed by atoms with Gasteiger partial charge in [-0.1, -0.05) is 61.9 Å². The summed E-state index contributed by atoms with van der Waals surface area (Å²) in [6.45, 7) is 7.46. The van der Waals surface area contributed by atoms with Crippen molar-refractivity contribution in [2.45, 2.75) is 95.4 Å². The van der Waals surface area contributed by atoms with E-state index in [0.717, 1.165) is 24.8 Å². The summed E-state index contributed by atoms with van der Waals surface area (Å²) in [7, 11) is 0. The third-order valence-electron chi connectivity index (χ3n) is 6.03. The summed E-state index contributed by atoms with van der Waals surface area (Å²) in [5, 5.41) is 12.2. The number of rotatable bonds is 12. The molecule has 1 N–H and O–H groups in total. The Balaban J connectivity index is 2.04. The Morgan fingerprint density at radius 1 is 0.950 bits per heavy atom. The van der Waals surface area contributed by atoms with Gasteiger partial charge in [-0.25, -0.2) is 0 Å². The van der Waals surface area contributed by atoms with Crippen LogP contribution in [0.15, 0.2) is 35.5 Å². The van der Waals surface area contributed by atoms with Crippen molar-refractivity contribution in [1.29, 1.82) is 0 Å². The zero-order valence-corrected chi connectivity index (χ0v) is 24.1. The van der Waals surface area contributed by atoms with E-state index in [1.54, 1.807) is 0 Å². The van der Waals surface area contributed by atoms with Gasteiger partial charge in [0, 0.05) is 39.8 Å². The fourth-order valence-electron chi connectivity index (χ4n) is 4.39. The lowest BCUT2D eigenvalue weighted by molar-refractivity contribution is -0.211. The number of hydrogen-bond donors (Lipinski definition) is 1. The Morgan fingerprint density at radius 2 is 1.62 bits per heavy atom. The van der Waals surface area contributed by atoms with E-state index in [-0.39, 0.29) is 6.61 Å². The number of ether oxygens (including phenoxy) is 4. The summed E-state index contributed by atoms with van der Waals surface area (Å²) in [5.41, 5.74) is 0.0140.